The van der Waals surface area contributed by atoms with Crippen LogP contribution in [0.2, 0.25) is 0 Å². The molecular formula is C15H20O. The standard InChI is InChI=1S/C15H20O/c16-12-15(14-9-5-2-6-10-14)11-13-7-3-1-4-8-13/h1,3-4,7-8,11,14,16H,2,5-6,9-10,12H2. The summed E-state index contributed by atoms with van der Waals surface area (Å²) in [6.07, 6.45) is 8.66. The average Bonchev–Trinajstić information content (AvgIpc) is 2.38. The van der Waals surface area contributed by atoms with Crippen molar-refractivity contribution >= 4 is 6.08 Å². The third kappa shape index (κ3) is 2.96. The van der Waals surface area contributed by atoms with Crippen LogP contribution in [0.25, 0.3) is 6.08 Å². The first-order chi connectivity index (χ1) is 7.90. The van der Waals surface area contributed by atoms with E-state index >= 15 is 0 Å². The van der Waals surface area contributed by atoms with Gasteiger partial charge in [0, 0.05) is 0 Å². The molecule has 0 atom stereocenters. The molecule has 1 fully saturated rings. The average molecular weight is 216 g/mol. The van der Waals surface area contributed by atoms with E-state index in [1.807, 2.05) is 18.2 Å². The van der Waals surface area contributed by atoms with Gasteiger partial charge in [0.15, 0.2) is 0 Å². The van der Waals surface area contributed by atoms with Crippen molar-refractivity contribution in [2.24, 2.45) is 5.92 Å². The van der Waals surface area contributed by atoms with Crippen molar-refractivity contribution in [2.45, 2.75) is 32.1 Å². The number of hydrogen-bond donors (Lipinski definition) is 1. The van der Waals surface area contributed by atoms with Gasteiger partial charge in [0.25, 0.3) is 0 Å². The lowest BCUT2D eigenvalue weighted by Gasteiger charge is -2.23. The summed E-state index contributed by atoms with van der Waals surface area (Å²) in [6.45, 7) is 0.208. The quantitative estimate of drug-likeness (QED) is 0.817. The van der Waals surface area contributed by atoms with Gasteiger partial charge in [-0.2, -0.15) is 0 Å². The zero-order chi connectivity index (χ0) is 11.2. The fourth-order valence-electron chi connectivity index (χ4n) is 2.53. The van der Waals surface area contributed by atoms with E-state index in [1.165, 1.54) is 43.2 Å². The Morgan fingerprint density at radius 3 is 2.44 bits per heavy atom. The van der Waals surface area contributed by atoms with Crippen LogP contribution < -0.4 is 0 Å². The maximum absolute atomic E-state index is 9.47. The summed E-state index contributed by atoms with van der Waals surface area (Å²) in [5.41, 5.74) is 2.42. The Hall–Kier alpha value is -1.08. The number of aliphatic hydroxyl groups excluding tert-OH is 1. The van der Waals surface area contributed by atoms with Gasteiger partial charge in [0.1, 0.15) is 0 Å². The van der Waals surface area contributed by atoms with Gasteiger partial charge in [-0.1, -0.05) is 55.7 Å². The van der Waals surface area contributed by atoms with E-state index < -0.39 is 0 Å². The molecule has 0 bridgehead atoms. The number of benzene rings is 1. The van der Waals surface area contributed by atoms with Crippen LogP contribution in [0.4, 0.5) is 0 Å². The summed E-state index contributed by atoms with van der Waals surface area (Å²) in [4.78, 5) is 0. The summed E-state index contributed by atoms with van der Waals surface area (Å²) < 4.78 is 0. The van der Waals surface area contributed by atoms with Crippen LogP contribution >= 0.6 is 0 Å². The molecule has 16 heavy (non-hydrogen) atoms. The summed E-state index contributed by atoms with van der Waals surface area (Å²) in [5, 5.41) is 9.47. The van der Waals surface area contributed by atoms with E-state index in [0.717, 1.165) is 0 Å². The van der Waals surface area contributed by atoms with Gasteiger partial charge >= 0.3 is 0 Å². The Bertz CT molecular complexity index is 334. The molecule has 0 aliphatic heterocycles. The van der Waals surface area contributed by atoms with E-state index in [0.29, 0.717) is 5.92 Å². The maximum atomic E-state index is 9.47. The van der Waals surface area contributed by atoms with Crippen molar-refractivity contribution in [3.05, 3.63) is 41.5 Å². The van der Waals surface area contributed by atoms with Gasteiger partial charge in [-0.3, -0.25) is 0 Å². The lowest BCUT2D eigenvalue weighted by atomic mass is 9.83. The third-order valence-corrected chi connectivity index (χ3v) is 3.46. The summed E-state index contributed by atoms with van der Waals surface area (Å²) in [7, 11) is 0. The third-order valence-electron chi connectivity index (χ3n) is 3.46. The molecule has 0 unspecified atom stereocenters. The monoisotopic (exact) mass is 216 g/mol. The molecular weight excluding hydrogens is 196 g/mol. The predicted molar refractivity (Wildman–Crippen MR) is 68.1 cm³/mol. The van der Waals surface area contributed by atoms with Crippen molar-refractivity contribution in [1.82, 2.24) is 0 Å². The van der Waals surface area contributed by atoms with Crippen LogP contribution in [-0.2, 0) is 0 Å². The highest BCUT2D eigenvalue weighted by molar-refractivity contribution is 5.53. The first-order valence-corrected chi connectivity index (χ1v) is 6.26. The van der Waals surface area contributed by atoms with Crippen LogP contribution in [0.15, 0.2) is 35.9 Å². The molecule has 0 saturated heterocycles. The Balaban J connectivity index is 2.12. The molecule has 0 radical (unpaired) electrons. The van der Waals surface area contributed by atoms with E-state index in [9.17, 15) is 5.11 Å². The fraction of sp³-hybridized carbons (Fsp3) is 0.467. The van der Waals surface area contributed by atoms with Gasteiger partial charge in [-0.05, 0) is 29.9 Å². The van der Waals surface area contributed by atoms with E-state index in [2.05, 4.69) is 18.2 Å². The molecule has 1 N–H and O–H groups in total. The predicted octanol–water partition coefficient (Wildman–Crippen LogP) is 3.64. The molecule has 0 amide bonds. The summed E-state index contributed by atoms with van der Waals surface area (Å²) in [5.74, 6) is 0.610. The van der Waals surface area contributed by atoms with Crippen molar-refractivity contribution in [1.29, 1.82) is 0 Å². The SMILES string of the molecule is OCC(=Cc1ccccc1)C1CCCCC1. The van der Waals surface area contributed by atoms with Crippen LogP contribution in [0.5, 0.6) is 0 Å². The maximum Gasteiger partial charge on any atom is 0.0647 e. The molecule has 2 rings (SSSR count). The van der Waals surface area contributed by atoms with Gasteiger partial charge in [-0.25, -0.2) is 0 Å². The molecule has 1 saturated carbocycles. The Kier molecular flexibility index (Phi) is 4.17. The molecule has 0 spiro atoms. The molecule has 1 aromatic carbocycles. The molecule has 1 aromatic rings. The van der Waals surface area contributed by atoms with Crippen LogP contribution in [0.1, 0.15) is 37.7 Å². The minimum atomic E-state index is 0.208. The molecule has 1 aliphatic rings. The van der Waals surface area contributed by atoms with E-state index in [4.69, 9.17) is 0 Å². The van der Waals surface area contributed by atoms with Crippen LogP contribution in [-0.4, -0.2) is 11.7 Å². The first-order valence-electron chi connectivity index (χ1n) is 6.26. The van der Waals surface area contributed by atoms with Crippen molar-refractivity contribution in [3.8, 4) is 0 Å². The zero-order valence-corrected chi connectivity index (χ0v) is 9.73. The number of aliphatic hydroxyl groups is 1. The van der Waals surface area contributed by atoms with Gasteiger partial charge in [0.2, 0.25) is 0 Å². The second kappa shape index (κ2) is 5.86. The lowest BCUT2D eigenvalue weighted by Crippen LogP contribution is -2.11. The van der Waals surface area contributed by atoms with Crippen molar-refractivity contribution < 1.29 is 5.11 Å². The Morgan fingerprint density at radius 1 is 1.12 bits per heavy atom. The van der Waals surface area contributed by atoms with Gasteiger partial charge in [-0.15, -0.1) is 0 Å². The van der Waals surface area contributed by atoms with Crippen LogP contribution in [0, 0.1) is 5.92 Å². The lowest BCUT2D eigenvalue weighted by molar-refractivity contribution is 0.295. The smallest absolute Gasteiger partial charge is 0.0647 e. The zero-order valence-electron chi connectivity index (χ0n) is 9.73. The fourth-order valence-corrected chi connectivity index (χ4v) is 2.53. The van der Waals surface area contributed by atoms with E-state index in [1.54, 1.807) is 0 Å². The van der Waals surface area contributed by atoms with Crippen LogP contribution in [0.3, 0.4) is 0 Å². The molecule has 1 heteroatoms. The topological polar surface area (TPSA) is 20.2 Å². The van der Waals surface area contributed by atoms with Gasteiger partial charge < -0.3 is 5.11 Å². The Labute approximate surface area is 97.8 Å². The highest BCUT2D eigenvalue weighted by atomic mass is 16.3. The largest absolute Gasteiger partial charge is 0.392 e. The molecule has 0 heterocycles. The minimum Gasteiger partial charge on any atom is -0.392 e. The molecule has 1 nitrogen and oxygen atoms in total. The second-order valence-electron chi connectivity index (χ2n) is 4.62. The highest BCUT2D eigenvalue weighted by Crippen LogP contribution is 2.30. The molecule has 0 aromatic heterocycles. The highest BCUT2D eigenvalue weighted by Gasteiger charge is 2.16. The van der Waals surface area contributed by atoms with Crippen molar-refractivity contribution in [2.75, 3.05) is 6.61 Å². The molecule has 86 valence electrons. The van der Waals surface area contributed by atoms with E-state index in [-0.39, 0.29) is 6.61 Å². The molecule has 1 aliphatic carbocycles. The first kappa shape index (κ1) is 11.4. The number of rotatable bonds is 3. The normalized spacial score (nSPS) is 18.7. The second-order valence-corrected chi connectivity index (χ2v) is 4.62. The number of hydrogen-bond acceptors (Lipinski definition) is 1. The Morgan fingerprint density at radius 2 is 1.81 bits per heavy atom. The summed E-state index contributed by atoms with van der Waals surface area (Å²) in [6, 6.07) is 10.3. The summed E-state index contributed by atoms with van der Waals surface area (Å²) >= 11 is 0. The minimum absolute atomic E-state index is 0.208. The van der Waals surface area contributed by atoms with Crippen molar-refractivity contribution in [3.63, 3.8) is 0 Å². The van der Waals surface area contributed by atoms with Gasteiger partial charge in [0.05, 0.1) is 6.61 Å².